The molecule has 0 saturated heterocycles. The summed E-state index contributed by atoms with van der Waals surface area (Å²) in [6.07, 6.45) is 2.41. The van der Waals surface area contributed by atoms with Crippen LogP contribution in [0.4, 0.5) is 9.52 Å². The summed E-state index contributed by atoms with van der Waals surface area (Å²) in [5.41, 5.74) is 8.04. The second-order valence-electron chi connectivity index (χ2n) is 5.74. The third-order valence-corrected chi connectivity index (χ3v) is 5.37. The summed E-state index contributed by atoms with van der Waals surface area (Å²) in [5, 5.41) is 0.395. The van der Waals surface area contributed by atoms with Crippen LogP contribution in [0.15, 0.2) is 53.4 Å². The lowest BCUT2D eigenvalue weighted by Gasteiger charge is -2.04. The fourth-order valence-corrected chi connectivity index (χ4v) is 3.68. The van der Waals surface area contributed by atoms with Gasteiger partial charge in [-0.1, -0.05) is 43.7 Å². The van der Waals surface area contributed by atoms with Gasteiger partial charge in [0.15, 0.2) is 15.0 Å². The quantitative estimate of drug-likeness (QED) is 0.679. The van der Waals surface area contributed by atoms with Crippen LogP contribution >= 0.6 is 11.3 Å². The van der Waals surface area contributed by atoms with Crippen LogP contribution in [0.5, 0.6) is 0 Å². The van der Waals surface area contributed by atoms with Crippen molar-refractivity contribution in [3.8, 4) is 21.7 Å². The van der Waals surface area contributed by atoms with E-state index in [2.05, 4.69) is 18.8 Å². The van der Waals surface area contributed by atoms with Gasteiger partial charge in [0, 0.05) is 11.8 Å². The second kappa shape index (κ2) is 8.42. The van der Waals surface area contributed by atoms with Gasteiger partial charge in [0.1, 0.15) is 5.82 Å². The molecule has 1 aromatic heterocycles. The Morgan fingerprint density at radius 3 is 2.00 bits per heavy atom. The van der Waals surface area contributed by atoms with Crippen LogP contribution in [0.25, 0.3) is 21.7 Å². The molecule has 0 atom stereocenters. The van der Waals surface area contributed by atoms with Gasteiger partial charge in [-0.05, 0) is 42.0 Å². The van der Waals surface area contributed by atoms with Gasteiger partial charge < -0.3 is 5.73 Å². The van der Waals surface area contributed by atoms with Crippen LogP contribution in [0, 0.1) is 5.82 Å². The highest BCUT2D eigenvalue weighted by atomic mass is 32.2. The highest BCUT2D eigenvalue weighted by Gasteiger charge is 2.15. The van der Waals surface area contributed by atoms with Crippen LogP contribution in [0.1, 0.15) is 20.3 Å². The van der Waals surface area contributed by atoms with Gasteiger partial charge in [-0.2, -0.15) is 0 Å². The fraction of sp³-hybridized carbons (Fsp3) is 0.211. The Kier molecular flexibility index (Phi) is 6.50. The first kappa shape index (κ1) is 20.1. The van der Waals surface area contributed by atoms with Crippen molar-refractivity contribution in [2.45, 2.75) is 25.2 Å². The predicted molar refractivity (Wildman–Crippen MR) is 106 cm³/mol. The van der Waals surface area contributed by atoms with Crippen LogP contribution in [0.3, 0.4) is 0 Å². The van der Waals surface area contributed by atoms with E-state index in [1.807, 2.05) is 0 Å². The first-order valence-electron chi connectivity index (χ1n) is 8.09. The molecule has 0 aliphatic rings. The van der Waals surface area contributed by atoms with E-state index in [0.717, 1.165) is 22.3 Å². The Bertz CT molecular complexity index is 964. The number of rotatable bonds is 3. The average molecular weight is 393 g/mol. The lowest BCUT2D eigenvalue weighted by atomic mass is 10.1. The van der Waals surface area contributed by atoms with Crippen molar-refractivity contribution in [2.24, 2.45) is 0 Å². The van der Waals surface area contributed by atoms with Crippen molar-refractivity contribution in [3.05, 3.63) is 54.3 Å². The minimum Gasteiger partial charge on any atom is -0.375 e. The Balaban J connectivity index is 0.000000758. The maximum atomic E-state index is 13.1. The minimum absolute atomic E-state index is 0.252. The summed E-state index contributed by atoms with van der Waals surface area (Å²) in [6, 6.07) is 12.5. The third kappa shape index (κ3) is 4.89. The predicted octanol–water partition coefficient (Wildman–Crippen LogP) is 5.02. The third-order valence-electron chi connectivity index (χ3n) is 3.31. The van der Waals surface area contributed by atoms with Gasteiger partial charge in [0.2, 0.25) is 0 Å². The Morgan fingerprint density at radius 2 is 1.50 bits per heavy atom. The molecule has 0 bridgehead atoms. The largest absolute Gasteiger partial charge is 0.375 e. The highest BCUT2D eigenvalue weighted by Crippen LogP contribution is 2.38. The first-order chi connectivity index (χ1) is 12.3. The van der Waals surface area contributed by atoms with Crippen molar-refractivity contribution in [1.29, 1.82) is 0 Å². The summed E-state index contributed by atoms with van der Waals surface area (Å²) >= 11 is 1.30. The van der Waals surface area contributed by atoms with E-state index in [1.54, 1.807) is 36.4 Å². The average Bonchev–Trinajstić information content (AvgIpc) is 2.97. The van der Waals surface area contributed by atoms with Gasteiger partial charge >= 0.3 is 0 Å². The number of nitrogen functional groups attached to an aromatic ring is 1. The molecule has 0 amide bonds. The van der Waals surface area contributed by atoms with Gasteiger partial charge in [0.05, 0.1) is 15.5 Å². The Labute approximate surface area is 157 Å². The van der Waals surface area contributed by atoms with E-state index in [4.69, 9.17) is 5.73 Å². The van der Waals surface area contributed by atoms with E-state index in [-0.39, 0.29) is 10.7 Å². The van der Waals surface area contributed by atoms with Crippen LogP contribution in [-0.4, -0.2) is 19.7 Å². The van der Waals surface area contributed by atoms with Gasteiger partial charge in [0.25, 0.3) is 0 Å². The summed E-state index contributed by atoms with van der Waals surface area (Å²) < 4.78 is 36.2. The number of nitrogens with two attached hydrogens (primary N) is 1. The maximum absolute atomic E-state index is 13.1. The van der Waals surface area contributed by atoms with E-state index >= 15 is 0 Å². The second-order valence-corrected chi connectivity index (χ2v) is 8.79. The minimum atomic E-state index is -3.24. The molecule has 0 aliphatic carbocycles. The molecule has 3 aromatic rings. The van der Waals surface area contributed by atoms with E-state index in [1.165, 1.54) is 29.9 Å². The topological polar surface area (TPSA) is 73.0 Å². The normalized spacial score (nSPS) is 10.9. The molecule has 0 radical (unpaired) electrons. The summed E-state index contributed by atoms with van der Waals surface area (Å²) in [6.45, 7) is 4.25. The van der Waals surface area contributed by atoms with Crippen molar-refractivity contribution in [3.63, 3.8) is 0 Å². The maximum Gasteiger partial charge on any atom is 0.181 e. The van der Waals surface area contributed by atoms with Crippen LogP contribution in [0.2, 0.25) is 0 Å². The molecule has 2 aromatic carbocycles. The smallest absolute Gasteiger partial charge is 0.181 e. The van der Waals surface area contributed by atoms with Crippen molar-refractivity contribution < 1.29 is 12.8 Å². The molecule has 1 heterocycles. The first-order valence-corrected chi connectivity index (χ1v) is 10.8. The molecule has 26 heavy (non-hydrogen) atoms. The van der Waals surface area contributed by atoms with Gasteiger partial charge in [-0.25, -0.2) is 17.8 Å². The molecule has 4 nitrogen and oxygen atoms in total. The molecule has 138 valence electrons. The molecule has 3 rings (SSSR count). The number of thiazole rings is 1. The number of nitrogens with zero attached hydrogens (tertiary/aromatic N) is 1. The SMILES string of the molecule is CCC.CS(=O)(=O)c1ccc(-c2sc(N)nc2-c2ccc(F)cc2)cc1. The number of aromatic nitrogens is 1. The summed E-state index contributed by atoms with van der Waals surface area (Å²) in [5.74, 6) is -0.323. The lowest BCUT2D eigenvalue weighted by molar-refractivity contribution is 0.602. The molecular formula is C19H21FN2O2S2. The number of hydrogen-bond acceptors (Lipinski definition) is 5. The Hall–Kier alpha value is -2.25. The van der Waals surface area contributed by atoms with Crippen LogP contribution in [-0.2, 0) is 9.84 Å². The zero-order valence-electron chi connectivity index (χ0n) is 14.9. The van der Waals surface area contributed by atoms with E-state index in [9.17, 15) is 12.8 Å². The molecule has 0 unspecified atom stereocenters. The van der Waals surface area contributed by atoms with Crippen molar-refractivity contribution in [2.75, 3.05) is 12.0 Å². The Morgan fingerprint density at radius 1 is 1.00 bits per heavy atom. The number of benzene rings is 2. The molecule has 0 spiro atoms. The molecule has 0 saturated carbocycles. The van der Waals surface area contributed by atoms with Gasteiger partial charge in [-0.3, -0.25) is 0 Å². The van der Waals surface area contributed by atoms with Crippen LogP contribution < -0.4 is 5.73 Å². The monoisotopic (exact) mass is 392 g/mol. The van der Waals surface area contributed by atoms with Crippen molar-refractivity contribution in [1.82, 2.24) is 4.98 Å². The number of sulfone groups is 1. The summed E-state index contributed by atoms with van der Waals surface area (Å²) in [4.78, 5) is 5.38. The highest BCUT2D eigenvalue weighted by molar-refractivity contribution is 7.90. The number of halogens is 1. The van der Waals surface area contributed by atoms with E-state index < -0.39 is 9.84 Å². The lowest BCUT2D eigenvalue weighted by Crippen LogP contribution is -1.96. The zero-order chi connectivity index (χ0) is 19.3. The standard InChI is InChI=1S/C16H13FN2O2S2.C3H8/c1-23(20,21)13-8-4-11(5-9-13)15-14(19-16(18)22-15)10-2-6-12(17)7-3-10;1-3-2/h2-9H,1H3,(H2,18,19);3H2,1-2H3. The number of anilines is 1. The van der Waals surface area contributed by atoms with Gasteiger partial charge in [-0.15, -0.1) is 0 Å². The number of hydrogen-bond donors (Lipinski definition) is 1. The molecule has 0 fully saturated rings. The summed E-state index contributed by atoms with van der Waals surface area (Å²) in [7, 11) is -3.24. The zero-order valence-corrected chi connectivity index (χ0v) is 16.5. The van der Waals surface area contributed by atoms with E-state index in [0.29, 0.717) is 10.8 Å². The molecular weight excluding hydrogens is 371 g/mol. The molecule has 0 aliphatic heterocycles. The molecule has 2 N–H and O–H groups in total. The molecule has 7 heteroatoms. The van der Waals surface area contributed by atoms with Crippen molar-refractivity contribution >= 4 is 26.3 Å². The fourth-order valence-electron chi connectivity index (χ4n) is 2.19.